The second kappa shape index (κ2) is 7.94. The summed E-state index contributed by atoms with van der Waals surface area (Å²) in [6.07, 6.45) is 1.56. The SMILES string of the molecule is COc1cc2c(cc1OC)C1=NCCN1C(CC(=O)c1ccc(NC(C)=O)nc1)=N2. The summed E-state index contributed by atoms with van der Waals surface area (Å²) in [6.45, 7) is 2.69. The molecule has 0 spiro atoms. The van der Waals surface area contributed by atoms with Gasteiger partial charge in [-0.1, -0.05) is 0 Å². The molecule has 154 valence electrons. The number of carbonyl (C=O) groups excluding carboxylic acids is 2. The van der Waals surface area contributed by atoms with Crippen molar-refractivity contribution in [1.82, 2.24) is 9.88 Å². The van der Waals surface area contributed by atoms with Crippen molar-refractivity contribution >= 4 is 34.9 Å². The highest BCUT2D eigenvalue weighted by atomic mass is 16.5. The molecular weight excluding hydrogens is 386 g/mol. The largest absolute Gasteiger partial charge is 0.493 e. The molecule has 4 rings (SSSR count). The molecule has 30 heavy (non-hydrogen) atoms. The van der Waals surface area contributed by atoms with Crippen LogP contribution < -0.4 is 14.8 Å². The summed E-state index contributed by atoms with van der Waals surface area (Å²) in [5, 5.41) is 2.58. The Bertz CT molecular complexity index is 1080. The fourth-order valence-electron chi connectivity index (χ4n) is 3.46. The van der Waals surface area contributed by atoms with Gasteiger partial charge in [-0.05, 0) is 18.2 Å². The number of benzene rings is 1. The van der Waals surface area contributed by atoms with Gasteiger partial charge in [-0.3, -0.25) is 14.6 Å². The molecule has 3 heterocycles. The lowest BCUT2D eigenvalue weighted by atomic mass is 10.0. The van der Waals surface area contributed by atoms with Gasteiger partial charge in [-0.25, -0.2) is 9.98 Å². The molecule has 0 saturated carbocycles. The van der Waals surface area contributed by atoms with Crippen LogP contribution in [0.1, 0.15) is 29.3 Å². The number of nitrogens with one attached hydrogen (secondary N) is 1. The van der Waals surface area contributed by atoms with Crippen molar-refractivity contribution < 1.29 is 19.1 Å². The first-order chi connectivity index (χ1) is 14.5. The van der Waals surface area contributed by atoms with Gasteiger partial charge in [-0.2, -0.15) is 0 Å². The number of ether oxygens (including phenoxy) is 2. The van der Waals surface area contributed by atoms with Gasteiger partial charge in [0.1, 0.15) is 17.5 Å². The number of aromatic nitrogens is 1. The van der Waals surface area contributed by atoms with E-state index < -0.39 is 0 Å². The van der Waals surface area contributed by atoms with E-state index in [1.54, 1.807) is 32.4 Å². The second-order valence-corrected chi connectivity index (χ2v) is 6.82. The molecule has 2 aromatic rings. The molecule has 1 aromatic carbocycles. The van der Waals surface area contributed by atoms with Crippen molar-refractivity contribution in [2.45, 2.75) is 13.3 Å². The zero-order valence-electron chi connectivity index (χ0n) is 16.9. The number of ketones is 1. The molecule has 0 radical (unpaired) electrons. The summed E-state index contributed by atoms with van der Waals surface area (Å²) in [5.41, 5.74) is 1.98. The van der Waals surface area contributed by atoms with Crippen LogP contribution in [-0.4, -0.2) is 60.6 Å². The number of amidine groups is 2. The van der Waals surface area contributed by atoms with Crippen molar-refractivity contribution in [2.75, 3.05) is 32.6 Å². The van der Waals surface area contributed by atoms with Crippen molar-refractivity contribution in [3.05, 3.63) is 41.6 Å². The van der Waals surface area contributed by atoms with Crippen LogP contribution in [0.25, 0.3) is 0 Å². The lowest BCUT2D eigenvalue weighted by Gasteiger charge is -2.28. The van der Waals surface area contributed by atoms with Crippen molar-refractivity contribution in [3.63, 3.8) is 0 Å². The standard InChI is InChI=1S/C21H21N5O4/c1-12(27)24-19-5-4-13(11-23-19)16(28)10-20-25-15-9-18(30-3)17(29-2)8-14(15)21-22-6-7-26(20)21/h4-5,8-9,11H,6-7,10H2,1-3H3,(H,23,24,27). The average molecular weight is 407 g/mol. The maximum Gasteiger partial charge on any atom is 0.222 e. The molecule has 0 unspecified atom stereocenters. The topological polar surface area (TPSA) is 105 Å². The van der Waals surface area contributed by atoms with Crippen LogP contribution in [0.3, 0.4) is 0 Å². The fraction of sp³-hybridized carbons (Fsp3) is 0.286. The molecule has 2 aliphatic heterocycles. The van der Waals surface area contributed by atoms with Crippen LogP contribution in [0.4, 0.5) is 11.5 Å². The molecule has 2 aliphatic rings. The van der Waals surface area contributed by atoms with Crippen molar-refractivity contribution in [2.24, 2.45) is 9.98 Å². The maximum atomic E-state index is 12.9. The summed E-state index contributed by atoms with van der Waals surface area (Å²) in [5.74, 6) is 2.64. The summed E-state index contributed by atoms with van der Waals surface area (Å²) < 4.78 is 10.8. The quantitative estimate of drug-likeness (QED) is 0.738. The Morgan fingerprint density at radius 2 is 1.93 bits per heavy atom. The number of pyridine rings is 1. The summed E-state index contributed by atoms with van der Waals surface area (Å²) in [7, 11) is 3.15. The van der Waals surface area contributed by atoms with Gasteiger partial charge >= 0.3 is 0 Å². The second-order valence-electron chi connectivity index (χ2n) is 6.82. The minimum atomic E-state index is -0.218. The van der Waals surface area contributed by atoms with Gasteiger partial charge in [0.15, 0.2) is 17.3 Å². The third-order valence-electron chi connectivity index (χ3n) is 4.85. The third-order valence-corrected chi connectivity index (χ3v) is 4.85. The maximum absolute atomic E-state index is 12.9. The van der Waals surface area contributed by atoms with Crippen molar-refractivity contribution in [3.8, 4) is 11.5 Å². The molecule has 0 aliphatic carbocycles. The van der Waals surface area contributed by atoms with E-state index >= 15 is 0 Å². The van der Waals surface area contributed by atoms with E-state index in [1.165, 1.54) is 13.1 Å². The van der Waals surface area contributed by atoms with Gasteiger partial charge in [-0.15, -0.1) is 0 Å². The monoisotopic (exact) mass is 407 g/mol. The summed E-state index contributed by atoms with van der Waals surface area (Å²) in [4.78, 5) is 39.4. The third kappa shape index (κ3) is 3.61. The van der Waals surface area contributed by atoms with Crippen LogP contribution in [0.5, 0.6) is 11.5 Å². The average Bonchev–Trinajstić information content (AvgIpc) is 3.23. The van der Waals surface area contributed by atoms with Crippen LogP contribution in [0.15, 0.2) is 40.4 Å². The van der Waals surface area contributed by atoms with E-state index in [2.05, 4.69) is 15.3 Å². The fourth-order valence-corrected chi connectivity index (χ4v) is 3.46. The number of carbonyl (C=O) groups is 2. The molecule has 9 heteroatoms. The summed E-state index contributed by atoms with van der Waals surface area (Å²) in [6, 6.07) is 6.90. The first kappa shape index (κ1) is 19.6. The first-order valence-electron chi connectivity index (χ1n) is 9.43. The number of hydrogen-bond donors (Lipinski definition) is 1. The molecule has 0 atom stereocenters. The Kier molecular flexibility index (Phi) is 5.18. The van der Waals surface area contributed by atoms with Gasteiger partial charge in [0.2, 0.25) is 5.91 Å². The predicted octanol–water partition coefficient (Wildman–Crippen LogP) is 2.44. The Hall–Kier alpha value is -3.75. The first-order valence-corrected chi connectivity index (χ1v) is 9.43. The lowest BCUT2D eigenvalue weighted by molar-refractivity contribution is -0.114. The summed E-state index contributed by atoms with van der Waals surface area (Å²) >= 11 is 0. The van der Waals surface area contributed by atoms with E-state index in [0.717, 1.165) is 11.4 Å². The number of anilines is 1. The minimum absolute atomic E-state index is 0.105. The molecule has 1 N–H and O–H groups in total. The van der Waals surface area contributed by atoms with Crippen LogP contribution in [0, 0.1) is 0 Å². The highest BCUT2D eigenvalue weighted by Gasteiger charge is 2.31. The number of aliphatic imine (C=N–C) groups is 2. The number of nitrogens with zero attached hydrogens (tertiary/aromatic N) is 4. The van der Waals surface area contributed by atoms with E-state index in [4.69, 9.17) is 14.5 Å². The van der Waals surface area contributed by atoms with Crippen LogP contribution >= 0.6 is 0 Å². The normalized spacial score (nSPS) is 14.3. The molecule has 0 saturated heterocycles. The highest BCUT2D eigenvalue weighted by molar-refractivity contribution is 6.21. The molecule has 1 amide bonds. The molecular formula is C21H21N5O4. The zero-order valence-corrected chi connectivity index (χ0v) is 16.9. The number of Topliss-reactive ketones (excluding diaryl/α,β-unsaturated/α-hetero) is 1. The van der Waals surface area contributed by atoms with Gasteiger partial charge in [0.05, 0.1) is 32.9 Å². The van der Waals surface area contributed by atoms with E-state index in [9.17, 15) is 9.59 Å². The van der Waals surface area contributed by atoms with Gasteiger partial charge < -0.3 is 19.7 Å². The number of rotatable bonds is 6. The Balaban J connectivity index is 1.63. The lowest BCUT2D eigenvalue weighted by Crippen LogP contribution is -2.38. The molecule has 0 bridgehead atoms. The van der Waals surface area contributed by atoms with Gasteiger partial charge in [0.25, 0.3) is 0 Å². The smallest absolute Gasteiger partial charge is 0.222 e. The number of amides is 1. The van der Waals surface area contributed by atoms with E-state index in [-0.39, 0.29) is 18.1 Å². The Labute approximate surface area is 173 Å². The van der Waals surface area contributed by atoms with E-state index in [0.29, 0.717) is 47.5 Å². The highest BCUT2D eigenvalue weighted by Crippen LogP contribution is 2.38. The molecule has 0 fully saturated rings. The predicted molar refractivity (Wildman–Crippen MR) is 112 cm³/mol. The van der Waals surface area contributed by atoms with Crippen LogP contribution in [0.2, 0.25) is 0 Å². The zero-order chi connectivity index (χ0) is 21.3. The van der Waals surface area contributed by atoms with Crippen LogP contribution in [-0.2, 0) is 4.79 Å². The van der Waals surface area contributed by atoms with Crippen molar-refractivity contribution in [1.29, 1.82) is 0 Å². The number of hydrogen-bond acceptors (Lipinski definition) is 8. The number of fused-ring (bicyclic) bond motifs is 3. The Morgan fingerprint density at radius 3 is 2.60 bits per heavy atom. The van der Waals surface area contributed by atoms with E-state index in [1.807, 2.05) is 11.0 Å². The molecule has 1 aromatic heterocycles. The van der Waals surface area contributed by atoms with Gasteiger partial charge in [0, 0.05) is 36.9 Å². The number of methoxy groups -OCH3 is 2. The minimum Gasteiger partial charge on any atom is -0.493 e. The molecule has 9 nitrogen and oxygen atoms in total. The Morgan fingerprint density at radius 1 is 1.17 bits per heavy atom.